The Kier molecular flexibility index (Phi) is 8.84. The van der Waals surface area contributed by atoms with E-state index in [1.165, 1.54) is 0 Å². The van der Waals surface area contributed by atoms with Gasteiger partial charge in [-0.15, -0.1) is 0 Å². The average Bonchev–Trinajstić information content (AvgIpc) is 3.06. The first kappa shape index (κ1) is 30.0. The molecule has 1 fully saturated rings. The van der Waals surface area contributed by atoms with Crippen molar-refractivity contribution in [2.45, 2.75) is 32.7 Å². The maximum absolute atomic E-state index is 13.6. The first-order chi connectivity index (χ1) is 21.9. The third-order valence-corrected chi connectivity index (χ3v) is 7.96. The van der Waals surface area contributed by atoms with E-state index in [0.717, 1.165) is 29.4 Å². The van der Waals surface area contributed by atoms with Crippen molar-refractivity contribution in [3.8, 4) is 34.3 Å². The zero-order chi connectivity index (χ0) is 31.3. The number of ether oxygens (including phenoxy) is 4. The minimum Gasteiger partial charge on any atom is -0.493 e. The SMILES string of the molecule is COc1cc2nccc(Oc3ccc(CC(=O)c4nn(CC5CCOCC5)cc(-c5ccc(C)cc5)c4=O)cn3)c2cc1OC. The summed E-state index contributed by atoms with van der Waals surface area (Å²) in [6.07, 6.45) is 6.77. The quantitative estimate of drug-likeness (QED) is 0.181. The van der Waals surface area contributed by atoms with Gasteiger partial charge in [-0.05, 0) is 48.9 Å². The number of benzene rings is 2. The third-order valence-electron chi connectivity index (χ3n) is 7.96. The number of fused-ring (bicyclic) bond motifs is 1. The van der Waals surface area contributed by atoms with Gasteiger partial charge in [-0.2, -0.15) is 5.10 Å². The fraction of sp³-hybridized carbons (Fsp3) is 0.286. The Labute approximate surface area is 260 Å². The minimum atomic E-state index is -0.378. The number of carbonyl (C=O) groups excluding carboxylic acids is 1. The summed E-state index contributed by atoms with van der Waals surface area (Å²) in [5.74, 6) is 1.99. The Morgan fingerprint density at radius 1 is 0.956 bits per heavy atom. The Morgan fingerprint density at radius 3 is 2.42 bits per heavy atom. The van der Waals surface area contributed by atoms with E-state index in [2.05, 4.69) is 15.1 Å². The van der Waals surface area contributed by atoms with E-state index < -0.39 is 0 Å². The van der Waals surface area contributed by atoms with Gasteiger partial charge in [0.15, 0.2) is 23.0 Å². The van der Waals surface area contributed by atoms with Crippen LogP contribution in [0.1, 0.15) is 34.5 Å². The zero-order valence-corrected chi connectivity index (χ0v) is 25.5. The number of ketones is 1. The van der Waals surface area contributed by atoms with Gasteiger partial charge >= 0.3 is 0 Å². The molecular weight excluding hydrogens is 572 g/mol. The highest BCUT2D eigenvalue weighted by Gasteiger charge is 2.21. The third kappa shape index (κ3) is 6.71. The fourth-order valence-corrected chi connectivity index (χ4v) is 5.44. The van der Waals surface area contributed by atoms with Crippen LogP contribution in [0.5, 0.6) is 23.1 Å². The number of carbonyl (C=O) groups is 1. The van der Waals surface area contributed by atoms with E-state index in [9.17, 15) is 9.59 Å². The Hall–Kier alpha value is -5.09. The summed E-state index contributed by atoms with van der Waals surface area (Å²) in [7, 11) is 3.14. The van der Waals surface area contributed by atoms with Crippen LogP contribution in [0.2, 0.25) is 0 Å². The molecule has 1 aliphatic heterocycles. The molecule has 0 N–H and O–H groups in total. The molecule has 1 aliphatic rings. The molecule has 0 spiro atoms. The Balaban J connectivity index is 1.24. The van der Waals surface area contributed by atoms with Crippen LogP contribution in [0.25, 0.3) is 22.0 Å². The van der Waals surface area contributed by atoms with E-state index in [0.29, 0.717) is 65.4 Å². The second-order valence-corrected chi connectivity index (χ2v) is 11.1. The molecule has 3 aromatic heterocycles. The second kappa shape index (κ2) is 13.3. The van der Waals surface area contributed by atoms with Gasteiger partial charge in [0, 0.05) is 67.9 Å². The number of hydrogen-bond donors (Lipinski definition) is 0. The van der Waals surface area contributed by atoms with Crippen LogP contribution in [0.3, 0.4) is 0 Å². The summed E-state index contributed by atoms with van der Waals surface area (Å²) in [4.78, 5) is 36.0. The van der Waals surface area contributed by atoms with Crippen molar-refractivity contribution in [2.75, 3.05) is 27.4 Å². The summed E-state index contributed by atoms with van der Waals surface area (Å²) in [5, 5.41) is 5.27. The molecule has 6 rings (SSSR count). The Morgan fingerprint density at radius 2 is 1.71 bits per heavy atom. The molecule has 0 aliphatic carbocycles. The summed E-state index contributed by atoms with van der Waals surface area (Å²) in [6, 6.07) is 16.5. The summed E-state index contributed by atoms with van der Waals surface area (Å²) >= 11 is 0. The van der Waals surface area contributed by atoms with Crippen LogP contribution in [0, 0.1) is 12.8 Å². The number of nitrogens with zero attached hydrogens (tertiary/aromatic N) is 4. The minimum absolute atomic E-state index is 0.0285. The highest BCUT2D eigenvalue weighted by molar-refractivity contribution is 5.96. The van der Waals surface area contributed by atoms with Crippen molar-refractivity contribution < 1.29 is 23.7 Å². The standard InChI is InChI=1S/C35H34N4O6/c1-22-4-7-25(8-5-22)27-21-39(20-23-11-14-44-15-12-23)38-34(35(27)41)29(40)16-24-6-9-33(37-19-24)45-30-10-13-36-28-18-32(43-3)31(42-2)17-26(28)30/h4-10,13,17-19,21,23H,11-12,14-16,20H2,1-3H3. The number of aromatic nitrogens is 4. The van der Waals surface area contributed by atoms with Crippen LogP contribution >= 0.6 is 0 Å². The Bertz CT molecular complexity index is 1880. The average molecular weight is 607 g/mol. The normalized spacial score (nSPS) is 13.5. The number of methoxy groups -OCH3 is 2. The van der Waals surface area contributed by atoms with Crippen molar-refractivity contribution >= 4 is 16.7 Å². The first-order valence-electron chi connectivity index (χ1n) is 14.8. The fourth-order valence-electron chi connectivity index (χ4n) is 5.44. The molecule has 2 aromatic carbocycles. The van der Waals surface area contributed by atoms with E-state index in [-0.39, 0.29) is 23.3 Å². The van der Waals surface area contributed by atoms with Crippen molar-refractivity contribution in [3.05, 3.63) is 100 Å². The first-order valence-corrected chi connectivity index (χ1v) is 14.8. The maximum Gasteiger partial charge on any atom is 0.219 e. The number of rotatable bonds is 10. The largest absolute Gasteiger partial charge is 0.493 e. The van der Waals surface area contributed by atoms with Gasteiger partial charge in [0.2, 0.25) is 11.3 Å². The lowest BCUT2D eigenvalue weighted by atomic mass is 10.00. The van der Waals surface area contributed by atoms with Gasteiger partial charge in [-0.3, -0.25) is 19.3 Å². The van der Waals surface area contributed by atoms with E-state index >= 15 is 0 Å². The maximum atomic E-state index is 13.6. The predicted molar refractivity (Wildman–Crippen MR) is 169 cm³/mol. The van der Waals surface area contributed by atoms with Gasteiger partial charge in [0.05, 0.1) is 19.7 Å². The van der Waals surface area contributed by atoms with E-state index in [1.54, 1.807) is 67.8 Å². The molecule has 0 radical (unpaired) electrons. The van der Waals surface area contributed by atoms with Crippen molar-refractivity contribution in [1.29, 1.82) is 0 Å². The molecule has 0 bridgehead atoms. The van der Waals surface area contributed by atoms with Gasteiger partial charge in [-0.25, -0.2) is 4.98 Å². The monoisotopic (exact) mass is 606 g/mol. The molecule has 0 atom stereocenters. The van der Waals surface area contributed by atoms with Crippen molar-refractivity contribution in [2.24, 2.45) is 5.92 Å². The van der Waals surface area contributed by atoms with Gasteiger partial charge < -0.3 is 18.9 Å². The lowest BCUT2D eigenvalue weighted by Gasteiger charge is -2.23. The van der Waals surface area contributed by atoms with Crippen molar-refractivity contribution in [3.63, 3.8) is 0 Å². The lowest BCUT2D eigenvalue weighted by Crippen LogP contribution is -2.28. The van der Waals surface area contributed by atoms with Gasteiger partial charge in [-0.1, -0.05) is 35.9 Å². The van der Waals surface area contributed by atoms with Gasteiger partial charge in [0.25, 0.3) is 0 Å². The van der Waals surface area contributed by atoms with Gasteiger partial charge in [0.1, 0.15) is 5.75 Å². The predicted octanol–water partition coefficient (Wildman–Crippen LogP) is 5.82. The summed E-state index contributed by atoms with van der Waals surface area (Å²) in [5.41, 5.74) is 3.16. The molecule has 10 heteroatoms. The molecule has 5 aromatic rings. The van der Waals surface area contributed by atoms with Crippen LogP contribution < -0.4 is 19.6 Å². The molecule has 0 unspecified atom stereocenters. The van der Waals surface area contributed by atoms with Crippen LogP contribution in [-0.4, -0.2) is 53.0 Å². The second-order valence-electron chi connectivity index (χ2n) is 11.1. The molecule has 0 amide bonds. The molecule has 1 saturated heterocycles. The molecule has 45 heavy (non-hydrogen) atoms. The number of aryl methyl sites for hydroxylation is 1. The summed E-state index contributed by atoms with van der Waals surface area (Å²) < 4.78 is 24.2. The smallest absolute Gasteiger partial charge is 0.219 e. The topological polar surface area (TPSA) is 115 Å². The molecule has 0 saturated carbocycles. The molecule has 230 valence electrons. The number of pyridine rings is 2. The van der Waals surface area contributed by atoms with Crippen LogP contribution in [-0.2, 0) is 17.7 Å². The zero-order valence-electron chi connectivity index (χ0n) is 25.5. The van der Waals surface area contributed by atoms with E-state index in [4.69, 9.17) is 18.9 Å². The number of hydrogen-bond acceptors (Lipinski definition) is 9. The highest BCUT2D eigenvalue weighted by Crippen LogP contribution is 2.36. The van der Waals surface area contributed by atoms with E-state index in [1.807, 2.05) is 31.2 Å². The molecule has 4 heterocycles. The molecular formula is C35H34N4O6. The lowest BCUT2D eigenvalue weighted by molar-refractivity contribution is 0.0598. The van der Waals surface area contributed by atoms with Crippen LogP contribution in [0.15, 0.2) is 78.0 Å². The number of Topliss-reactive ketones (excluding diaryl/α,β-unsaturated/α-hetero) is 1. The molecule has 10 nitrogen and oxygen atoms in total. The highest BCUT2D eigenvalue weighted by atomic mass is 16.5. The van der Waals surface area contributed by atoms with Crippen LogP contribution in [0.4, 0.5) is 0 Å². The summed E-state index contributed by atoms with van der Waals surface area (Å²) in [6.45, 7) is 4.01. The van der Waals surface area contributed by atoms with Crippen molar-refractivity contribution in [1.82, 2.24) is 19.7 Å².